The molecule has 2 aliphatic rings. The molecule has 0 spiro atoms. The van der Waals surface area contributed by atoms with Crippen LogP contribution in [0.2, 0.25) is 0 Å². The summed E-state index contributed by atoms with van der Waals surface area (Å²) in [5, 5.41) is 91.4. The Balaban J connectivity index is 1.45. The SMILES string of the molecule is CC1OC(OCC2OC(Oc3c(-c4ccc(O)c(O)c4)oc4cc(O)ccc4c3=O)C(O)C(O)C2O)C(O)C(O)C1O. The molecule has 10 atom stereocenters. The molecule has 2 aromatic carbocycles. The van der Waals surface area contributed by atoms with Crippen molar-refractivity contribution in [2.75, 3.05) is 6.61 Å². The van der Waals surface area contributed by atoms with Gasteiger partial charge in [0.15, 0.2) is 23.5 Å². The van der Waals surface area contributed by atoms with Gasteiger partial charge in [0.25, 0.3) is 0 Å². The Morgan fingerprint density at radius 2 is 1.45 bits per heavy atom. The first-order valence-electron chi connectivity index (χ1n) is 12.9. The van der Waals surface area contributed by atoms with E-state index in [1.807, 2.05) is 0 Å². The average Bonchev–Trinajstić information content (AvgIpc) is 2.96. The zero-order chi connectivity index (χ0) is 30.5. The summed E-state index contributed by atoms with van der Waals surface area (Å²) in [5.41, 5.74) is -0.802. The quantitative estimate of drug-likeness (QED) is 0.149. The fraction of sp³-hybridized carbons (Fsp3) is 0.444. The molecule has 42 heavy (non-hydrogen) atoms. The Kier molecular flexibility index (Phi) is 8.30. The van der Waals surface area contributed by atoms with Crippen molar-refractivity contribution < 1.29 is 69.3 Å². The molecule has 0 bridgehead atoms. The highest BCUT2D eigenvalue weighted by Gasteiger charge is 2.47. The van der Waals surface area contributed by atoms with Gasteiger partial charge in [-0.3, -0.25) is 4.79 Å². The van der Waals surface area contributed by atoms with Gasteiger partial charge in [0.05, 0.1) is 18.1 Å². The van der Waals surface area contributed by atoms with Gasteiger partial charge in [-0.1, -0.05) is 0 Å². The van der Waals surface area contributed by atoms with Crippen molar-refractivity contribution in [2.45, 2.75) is 68.3 Å². The summed E-state index contributed by atoms with van der Waals surface area (Å²) in [6.07, 6.45) is -15.7. The van der Waals surface area contributed by atoms with Crippen molar-refractivity contribution in [2.24, 2.45) is 0 Å². The summed E-state index contributed by atoms with van der Waals surface area (Å²) in [6.45, 7) is 0.875. The Bertz CT molecular complexity index is 1490. The first-order chi connectivity index (χ1) is 19.9. The minimum absolute atomic E-state index is 0.0429. The maximum absolute atomic E-state index is 13.5. The molecule has 5 rings (SSSR count). The number of phenolic OH excluding ortho intramolecular Hbond substituents is 3. The summed E-state index contributed by atoms with van der Waals surface area (Å²) in [7, 11) is 0. The molecule has 15 nitrogen and oxygen atoms in total. The van der Waals surface area contributed by atoms with Crippen LogP contribution >= 0.6 is 0 Å². The van der Waals surface area contributed by atoms with Crippen LogP contribution in [0.5, 0.6) is 23.0 Å². The van der Waals surface area contributed by atoms with Crippen LogP contribution < -0.4 is 10.2 Å². The molecule has 15 heteroatoms. The molecular weight excluding hydrogens is 564 g/mol. The lowest BCUT2D eigenvalue weighted by atomic mass is 9.98. The Morgan fingerprint density at radius 3 is 2.17 bits per heavy atom. The van der Waals surface area contributed by atoms with Crippen LogP contribution in [0.4, 0.5) is 0 Å². The maximum Gasteiger partial charge on any atom is 0.235 e. The van der Waals surface area contributed by atoms with Crippen molar-refractivity contribution in [3.8, 4) is 34.3 Å². The van der Waals surface area contributed by atoms with Gasteiger partial charge in [-0.15, -0.1) is 0 Å². The molecule has 3 aromatic rings. The van der Waals surface area contributed by atoms with Crippen LogP contribution in [-0.2, 0) is 14.2 Å². The van der Waals surface area contributed by atoms with E-state index in [0.717, 1.165) is 12.1 Å². The van der Waals surface area contributed by atoms with Crippen molar-refractivity contribution >= 4 is 11.0 Å². The third kappa shape index (κ3) is 5.49. The van der Waals surface area contributed by atoms with E-state index >= 15 is 0 Å². The van der Waals surface area contributed by atoms with E-state index in [-0.39, 0.29) is 28.0 Å². The second kappa shape index (κ2) is 11.6. The number of aliphatic hydroxyl groups excluding tert-OH is 6. The third-order valence-corrected chi connectivity index (χ3v) is 7.21. The minimum atomic E-state index is -1.90. The van der Waals surface area contributed by atoms with E-state index in [9.17, 15) is 50.8 Å². The molecule has 2 aliphatic heterocycles. The van der Waals surface area contributed by atoms with Gasteiger partial charge in [-0.25, -0.2) is 0 Å². The molecule has 3 heterocycles. The van der Waals surface area contributed by atoms with Crippen LogP contribution in [0.3, 0.4) is 0 Å². The molecule has 0 amide bonds. The largest absolute Gasteiger partial charge is 0.508 e. The molecule has 2 saturated heterocycles. The van der Waals surface area contributed by atoms with Crippen LogP contribution in [0.1, 0.15) is 6.92 Å². The van der Waals surface area contributed by atoms with E-state index < -0.39 is 90.7 Å². The first kappa shape index (κ1) is 30.0. The summed E-state index contributed by atoms with van der Waals surface area (Å²) >= 11 is 0. The number of aromatic hydroxyl groups is 3. The van der Waals surface area contributed by atoms with Crippen LogP contribution in [0.15, 0.2) is 45.6 Å². The third-order valence-electron chi connectivity index (χ3n) is 7.21. The van der Waals surface area contributed by atoms with Crippen LogP contribution in [0, 0.1) is 0 Å². The Hall–Kier alpha value is -3.51. The van der Waals surface area contributed by atoms with E-state index in [0.29, 0.717) is 0 Å². The van der Waals surface area contributed by atoms with Gasteiger partial charge in [-0.2, -0.15) is 0 Å². The van der Waals surface area contributed by atoms with Crippen molar-refractivity contribution in [1.82, 2.24) is 0 Å². The van der Waals surface area contributed by atoms with Gasteiger partial charge in [0.1, 0.15) is 54.1 Å². The Labute approximate surface area is 236 Å². The van der Waals surface area contributed by atoms with Gasteiger partial charge < -0.3 is 69.3 Å². The lowest BCUT2D eigenvalue weighted by molar-refractivity contribution is -0.318. The Morgan fingerprint density at radius 1 is 0.762 bits per heavy atom. The van der Waals surface area contributed by atoms with Gasteiger partial charge >= 0.3 is 0 Å². The smallest absolute Gasteiger partial charge is 0.235 e. The highest BCUT2D eigenvalue weighted by Crippen LogP contribution is 2.37. The lowest BCUT2D eigenvalue weighted by Crippen LogP contribution is -2.61. The normalized spacial score (nSPS) is 33.5. The number of hydrogen-bond donors (Lipinski definition) is 9. The molecule has 0 radical (unpaired) electrons. The van der Waals surface area contributed by atoms with Gasteiger partial charge in [-0.05, 0) is 37.3 Å². The molecule has 228 valence electrons. The highest BCUT2D eigenvalue weighted by atomic mass is 16.7. The average molecular weight is 595 g/mol. The maximum atomic E-state index is 13.5. The number of rotatable bonds is 6. The number of fused-ring (bicyclic) bond motifs is 1. The van der Waals surface area contributed by atoms with E-state index in [2.05, 4.69) is 0 Å². The first-order valence-corrected chi connectivity index (χ1v) is 12.9. The zero-order valence-electron chi connectivity index (χ0n) is 21.9. The second-order valence-electron chi connectivity index (χ2n) is 10.1. The molecule has 0 saturated carbocycles. The highest BCUT2D eigenvalue weighted by molar-refractivity contribution is 5.83. The molecular formula is C27H30O15. The number of aliphatic hydroxyl groups is 6. The summed E-state index contributed by atoms with van der Waals surface area (Å²) in [4.78, 5) is 13.5. The molecule has 0 aliphatic carbocycles. The molecule has 1 aromatic heterocycles. The predicted molar refractivity (Wildman–Crippen MR) is 139 cm³/mol. The number of phenols is 3. The van der Waals surface area contributed by atoms with Crippen molar-refractivity contribution in [1.29, 1.82) is 0 Å². The standard InChI is InChI=1S/C27H30O15/c1-9-17(31)20(34)22(36)26(39-9)38-8-16-19(33)21(35)23(37)27(41-16)42-25-18(32)12-4-3-11(28)7-15(12)40-24(25)10-2-5-13(29)14(30)6-10/h2-7,9,16-17,19-23,26-31,33-37H,8H2,1H3. The lowest BCUT2D eigenvalue weighted by Gasteiger charge is -2.42. The number of hydrogen-bond acceptors (Lipinski definition) is 15. The number of benzene rings is 2. The van der Waals surface area contributed by atoms with E-state index in [1.54, 1.807) is 0 Å². The zero-order valence-corrected chi connectivity index (χ0v) is 21.9. The molecule has 2 fully saturated rings. The number of ether oxygens (including phenoxy) is 4. The fourth-order valence-corrected chi connectivity index (χ4v) is 4.74. The van der Waals surface area contributed by atoms with E-state index in [4.69, 9.17) is 23.4 Å². The predicted octanol–water partition coefficient (Wildman–Crippen LogP) is -1.39. The summed E-state index contributed by atoms with van der Waals surface area (Å²) < 4.78 is 28.0. The summed E-state index contributed by atoms with van der Waals surface area (Å²) in [5.74, 6) is -2.06. The van der Waals surface area contributed by atoms with Crippen molar-refractivity contribution in [3.05, 3.63) is 46.6 Å². The minimum Gasteiger partial charge on any atom is -0.508 e. The van der Waals surface area contributed by atoms with Gasteiger partial charge in [0, 0.05) is 11.6 Å². The van der Waals surface area contributed by atoms with Gasteiger partial charge in [0.2, 0.25) is 17.5 Å². The monoisotopic (exact) mass is 594 g/mol. The molecule has 10 unspecified atom stereocenters. The molecule has 9 N–H and O–H groups in total. The van der Waals surface area contributed by atoms with Crippen LogP contribution in [-0.4, -0.2) is 114 Å². The van der Waals surface area contributed by atoms with Crippen LogP contribution in [0.25, 0.3) is 22.3 Å². The van der Waals surface area contributed by atoms with Crippen molar-refractivity contribution in [3.63, 3.8) is 0 Å². The topological polar surface area (TPSA) is 249 Å². The summed E-state index contributed by atoms with van der Waals surface area (Å²) in [6, 6.07) is 7.15. The fourth-order valence-electron chi connectivity index (χ4n) is 4.74. The van der Waals surface area contributed by atoms with E-state index in [1.165, 1.54) is 31.2 Å². The second-order valence-corrected chi connectivity index (χ2v) is 10.1.